The molecule has 0 aliphatic heterocycles. The van der Waals surface area contributed by atoms with Gasteiger partial charge in [0.2, 0.25) is 0 Å². The van der Waals surface area contributed by atoms with Crippen molar-refractivity contribution in [3.8, 4) is 0 Å². The Morgan fingerprint density at radius 3 is 2.76 bits per heavy atom. The molecule has 2 rings (SSSR count). The van der Waals surface area contributed by atoms with Crippen LogP contribution in [0.25, 0.3) is 0 Å². The number of hydrogen-bond donors (Lipinski definition) is 1. The fraction of sp³-hybridized carbons (Fsp3) is 0.357. The highest BCUT2D eigenvalue weighted by Gasteiger charge is 2.09. The molecule has 1 unspecified atom stereocenters. The number of aryl methyl sites for hydroxylation is 2. The molecule has 0 aliphatic carbocycles. The highest BCUT2D eigenvalue weighted by molar-refractivity contribution is 7.10. The summed E-state index contributed by atoms with van der Waals surface area (Å²) in [5.41, 5.74) is 3.54. The lowest BCUT2D eigenvalue weighted by Gasteiger charge is -2.13. The van der Waals surface area contributed by atoms with Gasteiger partial charge >= 0.3 is 0 Å². The molecule has 2 nitrogen and oxygen atoms in total. The monoisotopic (exact) mass is 246 g/mol. The first-order valence-corrected chi connectivity index (χ1v) is 6.74. The third kappa shape index (κ3) is 3.14. The predicted octanol–water partition coefficient (Wildman–Crippen LogP) is 3.61. The minimum atomic E-state index is 0.386. The number of nitrogens with zero attached hydrogens (tertiary/aromatic N) is 1. The van der Waals surface area contributed by atoms with E-state index in [2.05, 4.69) is 47.7 Å². The Morgan fingerprint density at radius 2 is 2.12 bits per heavy atom. The Balaban J connectivity index is 1.97. The van der Waals surface area contributed by atoms with Crippen molar-refractivity contribution in [2.75, 3.05) is 0 Å². The van der Waals surface area contributed by atoms with Gasteiger partial charge in [-0.05, 0) is 49.9 Å². The highest BCUT2D eigenvalue weighted by Crippen LogP contribution is 2.23. The molecular weight excluding hydrogens is 228 g/mol. The van der Waals surface area contributed by atoms with E-state index in [1.807, 2.05) is 24.3 Å². The second kappa shape index (κ2) is 5.43. The first-order valence-electron chi connectivity index (χ1n) is 5.86. The van der Waals surface area contributed by atoms with E-state index in [4.69, 9.17) is 0 Å². The molecule has 0 bridgehead atoms. The van der Waals surface area contributed by atoms with Crippen LogP contribution < -0.4 is 5.32 Å². The fourth-order valence-corrected chi connectivity index (χ4v) is 2.84. The van der Waals surface area contributed by atoms with Crippen LogP contribution in [-0.4, -0.2) is 4.98 Å². The topological polar surface area (TPSA) is 24.9 Å². The molecule has 2 aromatic heterocycles. The van der Waals surface area contributed by atoms with Gasteiger partial charge in [0, 0.05) is 23.2 Å². The van der Waals surface area contributed by atoms with Crippen molar-refractivity contribution in [3.63, 3.8) is 0 Å². The van der Waals surface area contributed by atoms with E-state index in [0.29, 0.717) is 6.04 Å². The van der Waals surface area contributed by atoms with Gasteiger partial charge in [-0.25, -0.2) is 0 Å². The van der Waals surface area contributed by atoms with Gasteiger partial charge in [-0.3, -0.25) is 4.98 Å². The average molecular weight is 246 g/mol. The van der Waals surface area contributed by atoms with Crippen LogP contribution in [-0.2, 0) is 6.54 Å². The Kier molecular flexibility index (Phi) is 3.92. The summed E-state index contributed by atoms with van der Waals surface area (Å²) in [5.74, 6) is 0. The first-order chi connectivity index (χ1) is 8.16. The van der Waals surface area contributed by atoms with Gasteiger partial charge < -0.3 is 5.32 Å². The lowest BCUT2D eigenvalue weighted by atomic mass is 10.2. The van der Waals surface area contributed by atoms with Crippen LogP contribution in [0.2, 0.25) is 0 Å². The minimum Gasteiger partial charge on any atom is -0.304 e. The Labute approximate surface area is 107 Å². The molecule has 90 valence electrons. The van der Waals surface area contributed by atoms with Crippen molar-refractivity contribution in [1.29, 1.82) is 0 Å². The van der Waals surface area contributed by atoms with E-state index < -0.39 is 0 Å². The number of aromatic nitrogens is 1. The van der Waals surface area contributed by atoms with Gasteiger partial charge in [0.15, 0.2) is 0 Å². The Bertz CT molecular complexity index is 490. The predicted molar refractivity (Wildman–Crippen MR) is 73.3 cm³/mol. The SMILES string of the molecule is Cc1cccc(CNC(C)c2sccc2C)n1. The van der Waals surface area contributed by atoms with Gasteiger partial charge in [-0.2, -0.15) is 0 Å². The average Bonchev–Trinajstić information content (AvgIpc) is 2.72. The van der Waals surface area contributed by atoms with E-state index in [9.17, 15) is 0 Å². The zero-order valence-corrected chi connectivity index (χ0v) is 11.3. The summed E-state index contributed by atoms with van der Waals surface area (Å²) in [4.78, 5) is 5.90. The molecule has 3 heteroatoms. The number of pyridine rings is 1. The summed E-state index contributed by atoms with van der Waals surface area (Å²) in [5, 5.41) is 5.66. The second-order valence-electron chi connectivity index (χ2n) is 4.34. The van der Waals surface area contributed by atoms with Crippen LogP contribution in [0.15, 0.2) is 29.6 Å². The Hall–Kier alpha value is -1.19. The summed E-state index contributed by atoms with van der Waals surface area (Å²) >= 11 is 1.81. The molecule has 1 N–H and O–H groups in total. The number of rotatable bonds is 4. The van der Waals surface area contributed by atoms with Crippen LogP contribution >= 0.6 is 11.3 Å². The third-order valence-electron chi connectivity index (χ3n) is 2.83. The molecule has 0 aromatic carbocycles. The molecular formula is C14H18N2S. The summed E-state index contributed by atoms with van der Waals surface area (Å²) in [6, 6.07) is 8.70. The zero-order valence-electron chi connectivity index (χ0n) is 10.5. The van der Waals surface area contributed by atoms with Crippen molar-refractivity contribution >= 4 is 11.3 Å². The molecule has 2 heterocycles. The summed E-state index contributed by atoms with van der Waals surface area (Å²) in [7, 11) is 0. The van der Waals surface area contributed by atoms with Crippen molar-refractivity contribution in [1.82, 2.24) is 10.3 Å². The smallest absolute Gasteiger partial charge is 0.0545 e. The Morgan fingerprint density at radius 1 is 1.29 bits per heavy atom. The molecule has 0 saturated heterocycles. The maximum atomic E-state index is 4.49. The van der Waals surface area contributed by atoms with E-state index in [1.54, 1.807) is 0 Å². The summed E-state index contributed by atoms with van der Waals surface area (Å²) in [6.07, 6.45) is 0. The third-order valence-corrected chi connectivity index (χ3v) is 4.03. The van der Waals surface area contributed by atoms with Crippen molar-refractivity contribution in [2.45, 2.75) is 33.4 Å². The highest BCUT2D eigenvalue weighted by atomic mass is 32.1. The molecule has 0 aliphatic rings. The molecule has 0 spiro atoms. The van der Waals surface area contributed by atoms with E-state index in [1.165, 1.54) is 10.4 Å². The van der Waals surface area contributed by atoms with Gasteiger partial charge in [-0.1, -0.05) is 6.07 Å². The zero-order chi connectivity index (χ0) is 12.3. The van der Waals surface area contributed by atoms with Crippen molar-refractivity contribution in [2.24, 2.45) is 0 Å². The minimum absolute atomic E-state index is 0.386. The van der Waals surface area contributed by atoms with Crippen LogP contribution in [0.5, 0.6) is 0 Å². The second-order valence-corrected chi connectivity index (χ2v) is 5.29. The standard InChI is InChI=1S/C14H18N2S/c1-10-7-8-17-14(10)12(3)15-9-13-6-4-5-11(2)16-13/h4-8,12,15H,9H2,1-3H3. The lowest BCUT2D eigenvalue weighted by molar-refractivity contribution is 0.573. The molecule has 0 saturated carbocycles. The maximum Gasteiger partial charge on any atom is 0.0545 e. The molecule has 2 aromatic rings. The van der Waals surface area contributed by atoms with Gasteiger partial charge in [0.25, 0.3) is 0 Å². The van der Waals surface area contributed by atoms with Crippen molar-refractivity contribution in [3.05, 3.63) is 51.5 Å². The van der Waals surface area contributed by atoms with Crippen LogP contribution in [0, 0.1) is 13.8 Å². The first kappa shape index (κ1) is 12.3. The van der Waals surface area contributed by atoms with E-state index >= 15 is 0 Å². The lowest BCUT2D eigenvalue weighted by Crippen LogP contribution is -2.18. The van der Waals surface area contributed by atoms with Gasteiger partial charge in [-0.15, -0.1) is 11.3 Å². The normalized spacial score (nSPS) is 12.6. The van der Waals surface area contributed by atoms with Crippen LogP contribution in [0.1, 0.15) is 34.8 Å². The number of hydrogen-bond acceptors (Lipinski definition) is 3. The van der Waals surface area contributed by atoms with Gasteiger partial charge in [0.05, 0.1) is 5.69 Å². The number of thiophene rings is 1. The molecule has 1 atom stereocenters. The molecule has 17 heavy (non-hydrogen) atoms. The van der Waals surface area contributed by atoms with Gasteiger partial charge in [0.1, 0.15) is 0 Å². The van der Waals surface area contributed by atoms with E-state index in [-0.39, 0.29) is 0 Å². The van der Waals surface area contributed by atoms with Crippen LogP contribution in [0.4, 0.5) is 0 Å². The van der Waals surface area contributed by atoms with Crippen LogP contribution in [0.3, 0.4) is 0 Å². The van der Waals surface area contributed by atoms with E-state index in [0.717, 1.165) is 17.9 Å². The maximum absolute atomic E-state index is 4.49. The summed E-state index contributed by atoms with van der Waals surface area (Å²) < 4.78 is 0. The number of nitrogens with one attached hydrogen (secondary N) is 1. The molecule has 0 radical (unpaired) electrons. The summed E-state index contributed by atoms with van der Waals surface area (Å²) in [6.45, 7) is 7.21. The quantitative estimate of drug-likeness (QED) is 0.891. The fourth-order valence-electron chi connectivity index (χ4n) is 1.88. The largest absolute Gasteiger partial charge is 0.304 e. The molecule has 0 amide bonds. The van der Waals surface area contributed by atoms with Crippen molar-refractivity contribution < 1.29 is 0 Å². The molecule has 0 fully saturated rings.